The quantitative estimate of drug-likeness (QED) is 0.785. The Morgan fingerprint density at radius 2 is 1.86 bits per heavy atom. The molecule has 0 spiro atoms. The average Bonchev–Trinajstić information content (AvgIpc) is 3.04. The first-order valence-corrected chi connectivity index (χ1v) is 7.73. The van der Waals surface area contributed by atoms with Crippen LogP contribution in [0.1, 0.15) is 23.5 Å². The molecule has 3 aromatic rings. The zero-order valence-electron chi connectivity index (χ0n) is 11.7. The number of hydrogen-bond donors (Lipinski definition) is 1. The van der Waals surface area contributed by atoms with Gasteiger partial charge in [0.25, 0.3) is 0 Å². The molecule has 0 radical (unpaired) electrons. The van der Waals surface area contributed by atoms with E-state index < -0.39 is 0 Å². The predicted octanol–water partition coefficient (Wildman–Crippen LogP) is 3.30. The Labute approximate surface area is 127 Å². The summed E-state index contributed by atoms with van der Waals surface area (Å²) in [5.41, 5.74) is 2.06. The maximum absolute atomic E-state index is 4.35. The van der Waals surface area contributed by atoms with Crippen LogP contribution in [0.2, 0.25) is 0 Å². The Bertz CT molecular complexity index is 682. The molecule has 2 heterocycles. The van der Waals surface area contributed by atoms with Crippen molar-refractivity contribution in [2.24, 2.45) is 0 Å². The molecule has 0 saturated heterocycles. The first-order chi connectivity index (χ1) is 10.4. The molecule has 21 heavy (non-hydrogen) atoms. The minimum absolute atomic E-state index is 0.0752. The largest absolute Gasteiger partial charge is 0.304 e. The summed E-state index contributed by atoms with van der Waals surface area (Å²) in [5, 5.41) is 13.9. The van der Waals surface area contributed by atoms with Crippen molar-refractivity contribution in [2.75, 3.05) is 6.54 Å². The lowest BCUT2D eigenvalue weighted by Gasteiger charge is -2.14. The molecular weight excluding hydrogens is 280 g/mol. The molecule has 0 aliphatic rings. The van der Waals surface area contributed by atoms with E-state index in [4.69, 9.17) is 0 Å². The number of pyridine rings is 1. The predicted molar refractivity (Wildman–Crippen MR) is 85.1 cm³/mol. The van der Waals surface area contributed by atoms with Gasteiger partial charge in [-0.3, -0.25) is 4.98 Å². The molecule has 0 fully saturated rings. The van der Waals surface area contributed by atoms with E-state index >= 15 is 0 Å². The lowest BCUT2D eigenvalue weighted by atomic mass is 10.1. The lowest BCUT2D eigenvalue weighted by molar-refractivity contribution is 0.621. The summed E-state index contributed by atoms with van der Waals surface area (Å²) in [6.07, 6.45) is 1.77. The van der Waals surface area contributed by atoms with E-state index in [0.717, 1.165) is 22.3 Å². The number of nitrogens with zero attached hydrogens (tertiary/aromatic N) is 3. The average molecular weight is 296 g/mol. The zero-order valence-corrected chi connectivity index (χ0v) is 12.5. The minimum Gasteiger partial charge on any atom is -0.304 e. The topological polar surface area (TPSA) is 50.7 Å². The van der Waals surface area contributed by atoms with Crippen LogP contribution < -0.4 is 5.32 Å². The van der Waals surface area contributed by atoms with Crippen LogP contribution in [0.3, 0.4) is 0 Å². The Morgan fingerprint density at radius 3 is 2.57 bits per heavy atom. The van der Waals surface area contributed by atoms with E-state index in [2.05, 4.69) is 39.6 Å². The van der Waals surface area contributed by atoms with Gasteiger partial charge in [-0.15, -0.1) is 10.2 Å². The highest BCUT2D eigenvalue weighted by molar-refractivity contribution is 7.14. The Balaban J connectivity index is 1.93. The molecule has 0 amide bonds. The summed E-state index contributed by atoms with van der Waals surface area (Å²) in [7, 11) is 0. The van der Waals surface area contributed by atoms with Gasteiger partial charge in [0, 0.05) is 6.20 Å². The van der Waals surface area contributed by atoms with Crippen LogP contribution in [-0.2, 0) is 0 Å². The fraction of sp³-hybridized carbons (Fsp3) is 0.188. The summed E-state index contributed by atoms with van der Waals surface area (Å²) in [5.74, 6) is 0. The van der Waals surface area contributed by atoms with Gasteiger partial charge in [0.15, 0.2) is 5.01 Å². The molecule has 0 saturated carbocycles. The van der Waals surface area contributed by atoms with Gasteiger partial charge in [0.05, 0.1) is 6.04 Å². The van der Waals surface area contributed by atoms with Crippen LogP contribution in [0.25, 0.3) is 10.7 Å². The summed E-state index contributed by atoms with van der Waals surface area (Å²) < 4.78 is 0. The number of nitrogens with one attached hydrogen (secondary N) is 1. The number of hydrogen-bond acceptors (Lipinski definition) is 5. The molecule has 5 heteroatoms. The molecule has 1 unspecified atom stereocenters. The molecule has 0 aliphatic carbocycles. The van der Waals surface area contributed by atoms with Crippen LogP contribution in [0, 0.1) is 0 Å². The molecule has 1 N–H and O–H groups in total. The van der Waals surface area contributed by atoms with E-state index in [0.29, 0.717) is 0 Å². The molecular formula is C16H16N4S. The normalized spacial score (nSPS) is 12.2. The van der Waals surface area contributed by atoms with E-state index in [9.17, 15) is 0 Å². The van der Waals surface area contributed by atoms with Crippen molar-refractivity contribution in [3.63, 3.8) is 0 Å². The van der Waals surface area contributed by atoms with Crippen LogP contribution in [-0.4, -0.2) is 21.7 Å². The Hall–Kier alpha value is -2.11. The maximum atomic E-state index is 4.35. The van der Waals surface area contributed by atoms with Gasteiger partial charge in [-0.05, 0) is 24.2 Å². The standard InChI is InChI=1S/C16H16N4S/c1-2-17-14(12-8-4-3-5-9-12)16-20-19-15(21-16)13-10-6-7-11-18-13/h3-11,14,17H,2H2,1H3. The van der Waals surface area contributed by atoms with Crippen molar-refractivity contribution in [3.05, 3.63) is 65.3 Å². The molecule has 106 valence electrons. The second-order valence-corrected chi connectivity index (χ2v) is 5.57. The highest BCUT2D eigenvalue weighted by Gasteiger charge is 2.18. The van der Waals surface area contributed by atoms with Gasteiger partial charge in [-0.1, -0.05) is 54.7 Å². The third-order valence-electron chi connectivity index (χ3n) is 3.11. The number of aromatic nitrogens is 3. The molecule has 1 aromatic carbocycles. The number of rotatable bonds is 5. The molecule has 0 bridgehead atoms. The minimum atomic E-state index is 0.0752. The van der Waals surface area contributed by atoms with Gasteiger partial charge in [0.1, 0.15) is 10.7 Å². The zero-order chi connectivity index (χ0) is 14.5. The van der Waals surface area contributed by atoms with Crippen molar-refractivity contribution < 1.29 is 0 Å². The monoisotopic (exact) mass is 296 g/mol. The third-order valence-corrected chi connectivity index (χ3v) is 4.12. The van der Waals surface area contributed by atoms with Crippen LogP contribution >= 0.6 is 11.3 Å². The summed E-state index contributed by atoms with van der Waals surface area (Å²) >= 11 is 1.58. The van der Waals surface area contributed by atoms with Gasteiger partial charge < -0.3 is 5.32 Å². The second kappa shape index (κ2) is 6.56. The van der Waals surface area contributed by atoms with Crippen LogP contribution in [0.15, 0.2) is 54.7 Å². The van der Waals surface area contributed by atoms with Gasteiger partial charge in [-0.25, -0.2) is 0 Å². The Kier molecular flexibility index (Phi) is 4.33. The van der Waals surface area contributed by atoms with Gasteiger partial charge in [-0.2, -0.15) is 0 Å². The third kappa shape index (κ3) is 3.15. The maximum Gasteiger partial charge on any atom is 0.166 e. The smallest absolute Gasteiger partial charge is 0.166 e. The molecule has 0 aliphatic heterocycles. The summed E-state index contributed by atoms with van der Waals surface area (Å²) in [6.45, 7) is 2.97. The van der Waals surface area contributed by atoms with Crippen molar-refractivity contribution in [3.8, 4) is 10.7 Å². The molecule has 3 rings (SSSR count). The van der Waals surface area contributed by atoms with E-state index in [1.54, 1.807) is 17.5 Å². The first-order valence-electron chi connectivity index (χ1n) is 6.91. The van der Waals surface area contributed by atoms with Crippen LogP contribution in [0.5, 0.6) is 0 Å². The second-order valence-electron chi connectivity index (χ2n) is 4.56. The summed E-state index contributed by atoms with van der Waals surface area (Å²) in [4.78, 5) is 4.33. The molecule has 4 nitrogen and oxygen atoms in total. The summed E-state index contributed by atoms with van der Waals surface area (Å²) in [6, 6.07) is 16.2. The molecule has 2 aromatic heterocycles. The van der Waals surface area contributed by atoms with Gasteiger partial charge in [0.2, 0.25) is 0 Å². The SMILES string of the molecule is CCNC(c1ccccc1)c1nnc(-c2ccccn2)s1. The fourth-order valence-electron chi connectivity index (χ4n) is 2.14. The number of benzene rings is 1. The molecule has 1 atom stereocenters. The Morgan fingerprint density at radius 1 is 1.05 bits per heavy atom. The van der Waals surface area contributed by atoms with Crippen molar-refractivity contribution in [1.82, 2.24) is 20.5 Å². The van der Waals surface area contributed by atoms with Crippen molar-refractivity contribution in [2.45, 2.75) is 13.0 Å². The van der Waals surface area contributed by atoms with Crippen molar-refractivity contribution >= 4 is 11.3 Å². The van der Waals surface area contributed by atoms with Gasteiger partial charge >= 0.3 is 0 Å². The van der Waals surface area contributed by atoms with E-state index in [-0.39, 0.29) is 6.04 Å². The fourth-order valence-corrected chi connectivity index (χ4v) is 3.07. The van der Waals surface area contributed by atoms with Crippen LogP contribution in [0.4, 0.5) is 0 Å². The lowest BCUT2D eigenvalue weighted by Crippen LogP contribution is -2.21. The first kappa shape index (κ1) is 13.9. The highest BCUT2D eigenvalue weighted by Crippen LogP contribution is 2.28. The van der Waals surface area contributed by atoms with E-state index in [1.165, 1.54) is 5.56 Å². The van der Waals surface area contributed by atoms with Crippen molar-refractivity contribution in [1.29, 1.82) is 0 Å². The highest BCUT2D eigenvalue weighted by atomic mass is 32.1. The van der Waals surface area contributed by atoms with E-state index in [1.807, 2.05) is 36.4 Å².